The first-order chi connectivity index (χ1) is 16.1. The molecule has 1 saturated heterocycles. The number of thiophene rings is 1. The molecular weight excluding hydrogens is 440 g/mol. The van der Waals surface area contributed by atoms with Crippen LogP contribution in [0.2, 0.25) is 0 Å². The van der Waals surface area contributed by atoms with Gasteiger partial charge in [-0.2, -0.15) is 0 Å². The first-order valence-electron chi connectivity index (χ1n) is 11.7. The van der Waals surface area contributed by atoms with Crippen molar-refractivity contribution in [1.29, 1.82) is 0 Å². The van der Waals surface area contributed by atoms with Gasteiger partial charge in [0.15, 0.2) is 0 Å². The lowest BCUT2D eigenvalue weighted by molar-refractivity contribution is -0.137. The zero-order chi connectivity index (χ0) is 23.0. The van der Waals surface area contributed by atoms with Crippen molar-refractivity contribution in [3.63, 3.8) is 0 Å². The van der Waals surface area contributed by atoms with Crippen LogP contribution in [0, 0.1) is 0 Å². The van der Waals surface area contributed by atoms with E-state index in [4.69, 9.17) is 14.2 Å². The molecule has 0 aliphatic carbocycles. The molecule has 3 atom stereocenters. The molecule has 0 bridgehead atoms. The molecule has 2 aliphatic heterocycles. The van der Waals surface area contributed by atoms with Crippen LogP contribution in [0.3, 0.4) is 0 Å². The van der Waals surface area contributed by atoms with Gasteiger partial charge in [0.2, 0.25) is 5.91 Å². The van der Waals surface area contributed by atoms with Crippen LogP contribution in [-0.2, 0) is 20.7 Å². The number of para-hydroxylation sites is 1. The van der Waals surface area contributed by atoms with Gasteiger partial charge in [0.05, 0.1) is 31.4 Å². The van der Waals surface area contributed by atoms with E-state index in [-0.39, 0.29) is 31.2 Å². The number of carbonyl (C=O) groups excluding carboxylic acids is 1. The Hall–Kier alpha value is -1.97. The van der Waals surface area contributed by atoms with E-state index in [1.807, 2.05) is 40.1 Å². The number of fused-ring (bicyclic) bond motifs is 1. The Morgan fingerprint density at radius 2 is 2.18 bits per heavy atom. The number of hydrogen-bond acceptors (Lipinski definition) is 7. The highest BCUT2D eigenvalue weighted by Gasteiger charge is 2.33. The lowest BCUT2D eigenvalue weighted by Gasteiger charge is -2.37. The third-order valence-corrected chi connectivity index (χ3v) is 7.24. The number of carbonyl (C=O) groups is 1. The second kappa shape index (κ2) is 11.9. The van der Waals surface area contributed by atoms with Crippen LogP contribution in [0.5, 0.6) is 5.75 Å². The molecule has 0 radical (unpaired) electrons. The zero-order valence-corrected chi connectivity index (χ0v) is 20.0. The number of ether oxygens (including phenoxy) is 3. The van der Waals surface area contributed by atoms with Crippen LogP contribution >= 0.6 is 11.3 Å². The van der Waals surface area contributed by atoms with Crippen molar-refractivity contribution in [2.75, 3.05) is 53.1 Å². The van der Waals surface area contributed by atoms with Gasteiger partial charge in [-0.25, -0.2) is 0 Å². The molecule has 180 valence electrons. The summed E-state index contributed by atoms with van der Waals surface area (Å²) < 4.78 is 17.0. The number of amides is 1. The van der Waals surface area contributed by atoms with E-state index in [0.29, 0.717) is 26.2 Å². The minimum absolute atomic E-state index is 0.0520. The summed E-state index contributed by atoms with van der Waals surface area (Å²) in [6.07, 6.45) is 2.35. The highest BCUT2D eigenvalue weighted by Crippen LogP contribution is 2.34. The van der Waals surface area contributed by atoms with E-state index in [9.17, 15) is 9.90 Å². The number of nitrogens with zero attached hydrogens (tertiary/aromatic N) is 2. The molecule has 0 spiro atoms. The summed E-state index contributed by atoms with van der Waals surface area (Å²) in [5, 5.41) is 12.4. The lowest BCUT2D eigenvalue weighted by Crippen LogP contribution is -2.49. The predicted octanol–water partition coefficient (Wildman–Crippen LogP) is 2.74. The molecule has 0 saturated carbocycles. The summed E-state index contributed by atoms with van der Waals surface area (Å²) in [6.45, 7) is 3.34. The third-order valence-electron chi connectivity index (χ3n) is 6.24. The van der Waals surface area contributed by atoms with Crippen molar-refractivity contribution < 1.29 is 24.1 Å². The van der Waals surface area contributed by atoms with Crippen LogP contribution in [-0.4, -0.2) is 86.1 Å². The van der Waals surface area contributed by atoms with Crippen molar-refractivity contribution >= 4 is 17.2 Å². The SMILES string of the molecule is COCC(O)CN(CC(=O)N1CCc2sccc2C1COc1ccccc1)CC1CCCO1. The second-order valence-electron chi connectivity index (χ2n) is 8.71. The molecule has 3 unspecified atom stereocenters. The number of rotatable bonds is 11. The zero-order valence-electron chi connectivity index (χ0n) is 19.2. The summed E-state index contributed by atoms with van der Waals surface area (Å²) in [7, 11) is 1.57. The van der Waals surface area contributed by atoms with Crippen molar-refractivity contribution in [2.45, 2.75) is 37.5 Å². The van der Waals surface area contributed by atoms with Gasteiger partial charge >= 0.3 is 0 Å². The van der Waals surface area contributed by atoms with E-state index < -0.39 is 6.10 Å². The smallest absolute Gasteiger partial charge is 0.237 e. The highest BCUT2D eigenvalue weighted by atomic mass is 32.1. The first kappa shape index (κ1) is 24.2. The second-order valence-corrected chi connectivity index (χ2v) is 9.72. The van der Waals surface area contributed by atoms with Gasteiger partial charge in [-0.15, -0.1) is 11.3 Å². The largest absolute Gasteiger partial charge is 0.491 e. The van der Waals surface area contributed by atoms with E-state index in [0.717, 1.165) is 31.6 Å². The highest BCUT2D eigenvalue weighted by molar-refractivity contribution is 7.10. The predicted molar refractivity (Wildman–Crippen MR) is 128 cm³/mol. The Balaban J connectivity index is 1.45. The molecule has 2 aromatic rings. The van der Waals surface area contributed by atoms with Crippen molar-refractivity contribution in [3.05, 3.63) is 52.2 Å². The van der Waals surface area contributed by atoms with Crippen LogP contribution in [0.4, 0.5) is 0 Å². The molecular formula is C25H34N2O5S. The maximum absolute atomic E-state index is 13.6. The topological polar surface area (TPSA) is 71.5 Å². The van der Waals surface area contributed by atoms with E-state index in [2.05, 4.69) is 11.4 Å². The van der Waals surface area contributed by atoms with Crippen LogP contribution < -0.4 is 4.74 Å². The molecule has 1 fully saturated rings. The fraction of sp³-hybridized carbons (Fsp3) is 0.560. The fourth-order valence-corrected chi connectivity index (χ4v) is 5.60. The lowest BCUT2D eigenvalue weighted by atomic mass is 10.0. The average Bonchev–Trinajstić information content (AvgIpc) is 3.50. The van der Waals surface area contributed by atoms with Crippen molar-refractivity contribution in [3.8, 4) is 5.75 Å². The summed E-state index contributed by atoms with van der Waals surface area (Å²) in [4.78, 5) is 18.8. The number of methoxy groups -OCH3 is 1. The van der Waals surface area contributed by atoms with Crippen LogP contribution in [0.1, 0.15) is 29.3 Å². The van der Waals surface area contributed by atoms with Gasteiger partial charge in [0.1, 0.15) is 12.4 Å². The Labute approximate surface area is 199 Å². The number of benzene rings is 1. The molecule has 1 aromatic carbocycles. The van der Waals surface area contributed by atoms with Gasteiger partial charge in [0.25, 0.3) is 0 Å². The van der Waals surface area contributed by atoms with Crippen molar-refractivity contribution in [2.24, 2.45) is 0 Å². The van der Waals surface area contributed by atoms with Gasteiger partial charge in [0, 0.05) is 38.2 Å². The normalized spacial score (nSPS) is 21.2. The molecule has 4 rings (SSSR count). The Bertz CT molecular complexity index is 871. The molecule has 1 amide bonds. The van der Waals surface area contributed by atoms with Gasteiger partial charge in [-0.3, -0.25) is 9.69 Å². The van der Waals surface area contributed by atoms with Gasteiger partial charge in [-0.1, -0.05) is 18.2 Å². The molecule has 8 heteroatoms. The number of aliphatic hydroxyl groups is 1. The summed E-state index contributed by atoms with van der Waals surface area (Å²) >= 11 is 1.75. The minimum atomic E-state index is -0.647. The van der Waals surface area contributed by atoms with Crippen molar-refractivity contribution in [1.82, 2.24) is 9.80 Å². The summed E-state index contributed by atoms with van der Waals surface area (Å²) in [5.74, 6) is 0.853. The maximum atomic E-state index is 13.6. The maximum Gasteiger partial charge on any atom is 0.237 e. The number of aliphatic hydroxyl groups excluding tert-OH is 1. The Kier molecular flexibility index (Phi) is 8.75. The van der Waals surface area contributed by atoms with Gasteiger partial charge in [-0.05, 0) is 48.4 Å². The average molecular weight is 475 g/mol. The minimum Gasteiger partial charge on any atom is -0.491 e. The molecule has 7 nitrogen and oxygen atoms in total. The van der Waals surface area contributed by atoms with Gasteiger partial charge < -0.3 is 24.2 Å². The number of hydrogen-bond donors (Lipinski definition) is 1. The quantitative estimate of drug-likeness (QED) is 0.540. The monoisotopic (exact) mass is 474 g/mol. The van der Waals surface area contributed by atoms with E-state index in [1.54, 1.807) is 18.4 Å². The van der Waals surface area contributed by atoms with Crippen LogP contribution in [0.15, 0.2) is 41.8 Å². The first-order valence-corrected chi connectivity index (χ1v) is 12.6. The molecule has 1 aromatic heterocycles. The Morgan fingerprint density at radius 3 is 2.94 bits per heavy atom. The standard InChI is InChI=1S/C25H34N2O5S/c1-30-17-19(28)14-26(15-21-8-5-12-31-21)16-25(29)27-11-9-24-22(10-13-33-24)23(27)18-32-20-6-3-2-4-7-20/h2-4,6-7,10,13,19,21,23,28H,5,8-9,11-12,14-18H2,1H3. The van der Waals surface area contributed by atoms with E-state index in [1.165, 1.54) is 10.4 Å². The fourth-order valence-electron chi connectivity index (χ4n) is 4.67. The third kappa shape index (κ3) is 6.55. The molecule has 2 aliphatic rings. The Morgan fingerprint density at radius 1 is 1.33 bits per heavy atom. The molecule has 1 N–H and O–H groups in total. The summed E-state index contributed by atoms with van der Waals surface area (Å²) in [6, 6.07) is 11.7. The van der Waals surface area contributed by atoms with Crippen LogP contribution in [0.25, 0.3) is 0 Å². The molecule has 33 heavy (non-hydrogen) atoms. The molecule has 3 heterocycles. The summed E-state index contributed by atoms with van der Waals surface area (Å²) in [5.41, 5.74) is 1.18. The van der Waals surface area contributed by atoms with E-state index >= 15 is 0 Å².